The first-order valence-corrected chi connectivity index (χ1v) is 7.07. The highest BCUT2D eigenvalue weighted by molar-refractivity contribution is 4.70. The highest BCUT2D eigenvalue weighted by Gasteiger charge is 2.37. The van der Waals surface area contributed by atoms with Crippen LogP contribution in [-0.2, 0) is 14.2 Å². The van der Waals surface area contributed by atoms with Gasteiger partial charge < -0.3 is 18.7 Å². The minimum absolute atomic E-state index is 0.662. The molecule has 18 heavy (non-hydrogen) atoms. The monoisotopic (exact) mass is 259 g/mol. The van der Waals surface area contributed by atoms with Crippen molar-refractivity contribution in [2.45, 2.75) is 0 Å². The van der Waals surface area contributed by atoms with E-state index in [0.29, 0.717) is 26.4 Å². The fraction of sp³-hybridized carbons (Fsp3) is 1.00. The van der Waals surface area contributed by atoms with Gasteiger partial charge in [-0.1, -0.05) is 0 Å². The van der Waals surface area contributed by atoms with E-state index in [0.717, 1.165) is 6.61 Å². The number of piperazine rings is 3. The highest BCUT2D eigenvalue weighted by atomic mass is 16.5. The molecule has 2 bridgehead atoms. The summed E-state index contributed by atoms with van der Waals surface area (Å²) >= 11 is 0. The molecule has 0 spiro atoms. The van der Waals surface area contributed by atoms with Crippen molar-refractivity contribution in [3.63, 3.8) is 0 Å². The summed E-state index contributed by atoms with van der Waals surface area (Å²) < 4.78 is 17.2. The number of ether oxygens (including phenoxy) is 3. The van der Waals surface area contributed by atoms with Gasteiger partial charge in [-0.25, -0.2) is 0 Å². The number of rotatable bonds is 9. The molecule has 0 saturated carbocycles. The fourth-order valence-electron chi connectivity index (χ4n) is 2.79. The molecule has 5 heteroatoms. The first-order valence-electron chi connectivity index (χ1n) is 7.07. The Balaban J connectivity index is 1.48. The Hall–Kier alpha value is -0.200. The maximum Gasteiger partial charge on any atom is 0.103 e. The second kappa shape index (κ2) is 7.40. The first kappa shape index (κ1) is 14.2. The summed E-state index contributed by atoms with van der Waals surface area (Å²) in [5, 5.41) is 0. The van der Waals surface area contributed by atoms with E-state index in [2.05, 4.69) is 4.90 Å². The standard InChI is InChI=1S/C13H27N2O3/c1-16-10-11-18-13-12-17-9-8-15-5-2-14(3-6-15)4-7-15/h2-13H2,1H3/q+1. The molecule has 0 radical (unpaired) electrons. The number of quaternary nitrogens is 1. The van der Waals surface area contributed by atoms with Crippen molar-refractivity contribution in [3.05, 3.63) is 0 Å². The Kier molecular flexibility index (Phi) is 5.85. The van der Waals surface area contributed by atoms with Crippen molar-refractivity contribution in [1.82, 2.24) is 4.90 Å². The van der Waals surface area contributed by atoms with E-state index in [4.69, 9.17) is 14.2 Å². The summed E-state index contributed by atoms with van der Waals surface area (Å²) in [6.45, 7) is 12.5. The second-order valence-corrected chi connectivity index (χ2v) is 5.30. The molecule has 3 aliphatic rings. The number of hydrogen-bond acceptors (Lipinski definition) is 4. The molecule has 0 unspecified atom stereocenters. The minimum Gasteiger partial charge on any atom is -0.382 e. The average Bonchev–Trinajstić information content (AvgIpc) is 2.44. The molecule has 3 aliphatic heterocycles. The Morgan fingerprint density at radius 1 is 0.833 bits per heavy atom. The predicted molar refractivity (Wildman–Crippen MR) is 69.7 cm³/mol. The van der Waals surface area contributed by atoms with Crippen LogP contribution in [-0.4, -0.2) is 95.3 Å². The van der Waals surface area contributed by atoms with Crippen LogP contribution in [0.3, 0.4) is 0 Å². The van der Waals surface area contributed by atoms with Gasteiger partial charge in [0.25, 0.3) is 0 Å². The quantitative estimate of drug-likeness (QED) is 0.424. The molecule has 5 nitrogen and oxygen atoms in total. The van der Waals surface area contributed by atoms with Crippen LogP contribution in [0, 0.1) is 0 Å². The molecule has 3 saturated heterocycles. The van der Waals surface area contributed by atoms with Crippen molar-refractivity contribution in [2.75, 3.05) is 86.0 Å². The van der Waals surface area contributed by atoms with E-state index in [1.54, 1.807) is 7.11 Å². The van der Waals surface area contributed by atoms with Crippen LogP contribution in [0.15, 0.2) is 0 Å². The highest BCUT2D eigenvalue weighted by Crippen LogP contribution is 2.18. The molecule has 0 N–H and O–H groups in total. The smallest absolute Gasteiger partial charge is 0.103 e. The van der Waals surface area contributed by atoms with Gasteiger partial charge in [0.05, 0.1) is 52.7 Å². The van der Waals surface area contributed by atoms with Gasteiger partial charge in [-0.3, -0.25) is 4.90 Å². The third-order valence-electron chi connectivity index (χ3n) is 4.19. The van der Waals surface area contributed by atoms with Gasteiger partial charge in [-0.05, 0) is 0 Å². The lowest BCUT2D eigenvalue weighted by Crippen LogP contribution is -2.67. The van der Waals surface area contributed by atoms with Crippen molar-refractivity contribution in [2.24, 2.45) is 0 Å². The molecular formula is C13H27N2O3+. The minimum atomic E-state index is 0.662. The van der Waals surface area contributed by atoms with E-state index in [-0.39, 0.29) is 0 Å². The molecule has 0 aromatic carbocycles. The van der Waals surface area contributed by atoms with Gasteiger partial charge in [-0.2, -0.15) is 0 Å². The topological polar surface area (TPSA) is 30.9 Å². The van der Waals surface area contributed by atoms with E-state index < -0.39 is 0 Å². The third kappa shape index (κ3) is 4.17. The zero-order valence-corrected chi connectivity index (χ0v) is 11.6. The number of methoxy groups -OCH3 is 1. The lowest BCUT2D eigenvalue weighted by atomic mass is 10.1. The largest absolute Gasteiger partial charge is 0.382 e. The maximum atomic E-state index is 5.67. The zero-order chi connectivity index (χ0) is 12.7. The lowest BCUT2D eigenvalue weighted by Gasteiger charge is -2.50. The van der Waals surface area contributed by atoms with Gasteiger partial charge in [0.15, 0.2) is 0 Å². The molecule has 0 aromatic heterocycles. The van der Waals surface area contributed by atoms with Crippen molar-refractivity contribution < 1.29 is 18.7 Å². The van der Waals surface area contributed by atoms with Crippen LogP contribution < -0.4 is 0 Å². The van der Waals surface area contributed by atoms with E-state index >= 15 is 0 Å². The zero-order valence-electron chi connectivity index (χ0n) is 11.6. The summed E-state index contributed by atoms with van der Waals surface area (Å²) in [4.78, 5) is 2.57. The van der Waals surface area contributed by atoms with Crippen LogP contribution in [0.2, 0.25) is 0 Å². The summed E-state index contributed by atoms with van der Waals surface area (Å²) in [5.74, 6) is 0. The average molecular weight is 259 g/mol. The van der Waals surface area contributed by atoms with Gasteiger partial charge in [-0.15, -0.1) is 0 Å². The van der Waals surface area contributed by atoms with E-state index in [1.807, 2.05) is 0 Å². The molecule has 3 heterocycles. The summed E-state index contributed by atoms with van der Waals surface area (Å²) in [7, 11) is 1.69. The molecule has 3 fully saturated rings. The SMILES string of the molecule is COCCOCCOCC[N+]12CCN(CC1)CC2. The Bertz CT molecular complexity index is 217. The second-order valence-electron chi connectivity index (χ2n) is 5.30. The maximum absolute atomic E-state index is 5.67. The third-order valence-corrected chi connectivity index (χ3v) is 4.19. The molecule has 0 aromatic rings. The van der Waals surface area contributed by atoms with Crippen LogP contribution in [0.5, 0.6) is 0 Å². The molecular weight excluding hydrogens is 232 g/mol. The van der Waals surface area contributed by atoms with Crippen LogP contribution in [0.1, 0.15) is 0 Å². The van der Waals surface area contributed by atoms with E-state index in [9.17, 15) is 0 Å². The molecule has 0 amide bonds. The molecule has 0 atom stereocenters. The van der Waals surface area contributed by atoms with Crippen molar-refractivity contribution >= 4 is 0 Å². The molecule has 3 rings (SSSR count). The van der Waals surface area contributed by atoms with Gasteiger partial charge >= 0.3 is 0 Å². The van der Waals surface area contributed by atoms with Crippen molar-refractivity contribution in [3.8, 4) is 0 Å². The van der Waals surface area contributed by atoms with Crippen LogP contribution in [0.4, 0.5) is 0 Å². The van der Waals surface area contributed by atoms with Crippen LogP contribution >= 0.6 is 0 Å². The summed E-state index contributed by atoms with van der Waals surface area (Å²) in [6, 6.07) is 0. The van der Waals surface area contributed by atoms with E-state index in [1.165, 1.54) is 50.3 Å². The van der Waals surface area contributed by atoms with Crippen molar-refractivity contribution in [1.29, 1.82) is 0 Å². The Morgan fingerprint density at radius 2 is 1.39 bits per heavy atom. The van der Waals surface area contributed by atoms with Gasteiger partial charge in [0, 0.05) is 26.7 Å². The number of nitrogens with zero attached hydrogens (tertiary/aromatic N) is 2. The normalized spacial score (nSPS) is 30.8. The number of hydrogen-bond donors (Lipinski definition) is 0. The van der Waals surface area contributed by atoms with Crippen LogP contribution in [0.25, 0.3) is 0 Å². The Morgan fingerprint density at radius 3 is 2.00 bits per heavy atom. The van der Waals surface area contributed by atoms with Gasteiger partial charge in [0.1, 0.15) is 6.54 Å². The summed E-state index contributed by atoms with van der Waals surface area (Å²) in [6.07, 6.45) is 0. The Labute approximate surface area is 110 Å². The lowest BCUT2D eigenvalue weighted by molar-refractivity contribution is -0.941. The molecule has 0 aliphatic carbocycles. The van der Waals surface area contributed by atoms with Gasteiger partial charge in [0.2, 0.25) is 0 Å². The predicted octanol–water partition coefficient (Wildman–Crippen LogP) is -0.188. The fourth-order valence-corrected chi connectivity index (χ4v) is 2.79. The molecule has 106 valence electrons. The first-order chi connectivity index (χ1) is 8.85. The number of fused-ring (bicyclic) bond motifs is 3. The summed E-state index contributed by atoms with van der Waals surface area (Å²) in [5.41, 5.74) is 0.